The molecule has 0 aliphatic carbocycles. The molecular weight excluding hydrogens is 457 g/mol. The van der Waals surface area contributed by atoms with Crippen molar-refractivity contribution in [2.45, 2.75) is 6.42 Å². The van der Waals surface area contributed by atoms with Crippen LogP contribution in [0.2, 0.25) is 5.02 Å². The number of rotatable bonds is 6. The van der Waals surface area contributed by atoms with E-state index in [9.17, 15) is 14.0 Å². The highest BCUT2D eigenvalue weighted by atomic mass is 35.5. The summed E-state index contributed by atoms with van der Waals surface area (Å²) in [4.78, 5) is 29.9. The average Bonchev–Trinajstić information content (AvgIpc) is 3.25. The molecule has 31 heavy (non-hydrogen) atoms. The molecule has 1 fully saturated rings. The number of halogens is 2. The molecule has 0 saturated carbocycles. The molecule has 4 rings (SSSR count). The summed E-state index contributed by atoms with van der Waals surface area (Å²) >= 11 is 12.6. The molecule has 1 saturated heterocycles. The Kier molecular flexibility index (Phi) is 6.41. The number of carbonyl (C=O) groups excluding carboxylic acids is 2. The Bertz CT molecular complexity index is 1220. The van der Waals surface area contributed by atoms with Crippen molar-refractivity contribution in [2.75, 3.05) is 13.1 Å². The Morgan fingerprint density at radius 2 is 2.10 bits per heavy atom. The summed E-state index contributed by atoms with van der Waals surface area (Å²) < 4.78 is 13.8. The van der Waals surface area contributed by atoms with Gasteiger partial charge in [-0.1, -0.05) is 53.8 Å². The average molecular weight is 474 g/mol. The molecule has 1 aromatic heterocycles. The zero-order valence-corrected chi connectivity index (χ0v) is 18.5. The fourth-order valence-corrected chi connectivity index (χ4v) is 4.70. The number of H-pyrrole nitrogens is 1. The van der Waals surface area contributed by atoms with Crippen LogP contribution in [0.15, 0.2) is 53.6 Å². The molecule has 3 aromatic rings. The number of benzene rings is 2. The van der Waals surface area contributed by atoms with E-state index in [0.717, 1.165) is 28.2 Å². The van der Waals surface area contributed by atoms with Crippen LogP contribution < -0.4 is 5.32 Å². The van der Waals surface area contributed by atoms with Crippen molar-refractivity contribution in [3.8, 4) is 0 Å². The molecule has 2 N–H and O–H groups in total. The van der Waals surface area contributed by atoms with Crippen LogP contribution in [0.1, 0.15) is 11.1 Å². The lowest BCUT2D eigenvalue weighted by Crippen LogP contribution is -2.40. The van der Waals surface area contributed by atoms with E-state index in [-0.39, 0.29) is 24.2 Å². The number of hydrogen-bond acceptors (Lipinski definition) is 4. The van der Waals surface area contributed by atoms with E-state index < -0.39 is 0 Å². The van der Waals surface area contributed by atoms with Gasteiger partial charge in [0.1, 0.15) is 16.7 Å². The van der Waals surface area contributed by atoms with Gasteiger partial charge >= 0.3 is 0 Å². The first kappa shape index (κ1) is 21.5. The zero-order valence-electron chi connectivity index (χ0n) is 16.2. The van der Waals surface area contributed by atoms with Crippen molar-refractivity contribution in [3.63, 3.8) is 0 Å². The number of carbonyl (C=O) groups is 2. The first-order valence-electron chi connectivity index (χ1n) is 9.44. The van der Waals surface area contributed by atoms with Gasteiger partial charge in [-0.05, 0) is 47.9 Å². The monoisotopic (exact) mass is 473 g/mol. The summed E-state index contributed by atoms with van der Waals surface area (Å²) in [5.74, 6) is -0.949. The predicted molar refractivity (Wildman–Crippen MR) is 126 cm³/mol. The summed E-state index contributed by atoms with van der Waals surface area (Å²) in [6.07, 6.45) is 4.01. The smallest absolute Gasteiger partial charge is 0.266 e. The van der Waals surface area contributed by atoms with Gasteiger partial charge in [-0.2, -0.15) is 0 Å². The highest BCUT2D eigenvalue weighted by molar-refractivity contribution is 8.26. The summed E-state index contributed by atoms with van der Waals surface area (Å²) in [5.41, 5.74) is 2.46. The Hall–Kier alpha value is -2.68. The summed E-state index contributed by atoms with van der Waals surface area (Å²) in [5, 5.41) is 4.11. The van der Waals surface area contributed by atoms with Crippen molar-refractivity contribution >= 4 is 68.7 Å². The minimum Gasteiger partial charge on any atom is -0.361 e. The van der Waals surface area contributed by atoms with Crippen molar-refractivity contribution in [2.24, 2.45) is 0 Å². The lowest BCUT2D eigenvalue weighted by molar-refractivity contribution is -0.128. The van der Waals surface area contributed by atoms with Crippen LogP contribution in [0.5, 0.6) is 0 Å². The lowest BCUT2D eigenvalue weighted by atomic mass is 10.1. The van der Waals surface area contributed by atoms with Gasteiger partial charge in [0, 0.05) is 28.7 Å². The fraction of sp³-hybridized carbons (Fsp3) is 0.136. The van der Waals surface area contributed by atoms with E-state index in [4.69, 9.17) is 23.8 Å². The van der Waals surface area contributed by atoms with E-state index in [0.29, 0.717) is 32.8 Å². The van der Waals surface area contributed by atoms with Gasteiger partial charge in [-0.3, -0.25) is 14.5 Å². The van der Waals surface area contributed by atoms with Gasteiger partial charge in [0.2, 0.25) is 5.91 Å². The maximum Gasteiger partial charge on any atom is 0.266 e. The van der Waals surface area contributed by atoms with E-state index >= 15 is 0 Å². The quantitative estimate of drug-likeness (QED) is 0.408. The molecular formula is C22H17ClFN3O2S2. The van der Waals surface area contributed by atoms with Gasteiger partial charge in [0.25, 0.3) is 5.91 Å². The Balaban J connectivity index is 1.35. The zero-order chi connectivity index (χ0) is 22.0. The van der Waals surface area contributed by atoms with Gasteiger partial charge < -0.3 is 10.3 Å². The van der Waals surface area contributed by atoms with E-state index in [1.165, 1.54) is 17.0 Å². The number of nitrogens with zero attached hydrogens (tertiary/aromatic N) is 1. The molecule has 0 unspecified atom stereocenters. The summed E-state index contributed by atoms with van der Waals surface area (Å²) in [7, 11) is 0. The number of nitrogens with one attached hydrogen (secondary N) is 2. The lowest BCUT2D eigenvalue weighted by Gasteiger charge is -2.14. The molecule has 2 heterocycles. The Morgan fingerprint density at radius 1 is 1.29 bits per heavy atom. The van der Waals surface area contributed by atoms with Crippen LogP contribution in [0, 0.1) is 5.82 Å². The number of thiocarbonyl (C=S) groups is 1. The van der Waals surface area contributed by atoms with Crippen LogP contribution in [0.25, 0.3) is 17.0 Å². The molecule has 0 atom stereocenters. The second-order valence-corrected chi connectivity index (χ2v) is 8.98. The minimum atomic E-state index is -0.322. The molecule has 5 nitrogen and oxygen atoms in total. The molecule has 1 aliphatic heterocycles. The molecule has 9 heteroatoms. The fourth-order valence-electron chi connectivity index (χ4n) is 3.26. The van der Waals surface area contributed by atoms with Gasteiger partial charge in [0.15, 0.2) is 0 Å². The second kappa shape index (κ2) is 9.21. The Labute approximate surface area is 192 Å². The van der Waals surface area contributed by atoms with Gasteiger partial charge in [0.05, 0.1) is 4.91 Å². The SMILES string of the molecule is O=C(CN1C(=O)C(=Cc2ccccc2Cl)SC1=S)NCCc1c[nH]c2ccc(F)cc12. The number of aromatic nitrogens is 1. The van der Waals surface area contributed by atoms with E-state index in [2.05, 4.69) is 10.3 Å². The molecule has 0 bridgehead atoms. The number of amides is 2. The van der Waals surface area contributed by atoms with Crippen LogP contribution >= 0.6 is 35.6 Å². The minimum absolute atomic E-state index is 0.160. The topological polar surface area (TPSA) is 65.2 Å². The van der Waals surface area contributed by atoms with Crippen LogP contribution in [-0.4, -0.2) is 39.1 Å². The third-order valence-electron chi connectivity index (χ3n) is 4.81. The van der Waals surface area contributed by atoms with Crippen LogP contribution in [0.3, 0.4) is 0 Å². The summed E-state index contributed by atoms with van der Waals surface area (Å²) in [6, 6.07) is 11.7. The third-order valence-corrected chi connectivity index (χ3v) is 6.54. The molecule has 1 aliphatic rings. The van der Waals surface area contributed by atoms with Crippen molar-refractivity contribution in [3.05, 3.63) is 75.5 Å². The standard InChI is InChI=1S/C22H17ClFN3O2S2/c23-17-4-2-1-3-13(17)9-19-21(29)27(22(30)31-19)12-20(28)25-8-7-14-11-26-18-6-5-15(24)10-16(14)18/h1-6,9-11,26H,7-8,12H2,(H,25,28). The number of hydrogen-bond donors (Lipinski definition) is 2. The third kappa shape index (κ3) is 4.81. The molecule has 2 aromatic carbocycles. The van der Waals surface area contributed by atoms with Crippen molar-refractivity contribution in [1.82, 2.24) is 15.2 Å². The number of aromatic amines is 1. The first-order chi connectivity index (χ1) is 14.9. The van der Waals surface area contributed by atoms with E-state index in [1.54, 1.807) is 30.5 Å². The van der Waals surface area contributed by atoms with Crippen LogP contribution in [0.4, 0.5) is 4.39 Å². The van der Waals surface area contributed by atoms with Crippen molar-refractivity contribution in [1.29, 1.82) is 0 Å². The van der Waals surface area contributed by atoms with E-state index in [1.807, 2.05) is 12.1 Å². The number of thioether (sulfide) groups is 1. The molecule has 0 spiro atoms. The molecule has 2 amide bonds. The molecule has 158 valence electrons. The predicted octanol–water partition coefficient (Wildman–Crippen LogP) is 4.52. The largest absolute Gasteiger partial charge is 0.361 e. The maximum absolute atomic E-state index is 13.5. The second-order valence-electron chi connectivity index (χ2n) is 6.89. The van der Waals surface area contributed by atoms with Crippen LogP contribution in [-0.2, 0) is 16.0 Å². The normalized spacial score (nSPS) is 15.3. The molecule has 0 radical (unpaired) electrons. The van der Waals surface area contributed by atoms with Crippen molar-refractivity contribution < 1.29 is 14.0 Å². The first-order valence-corrected chi connectivity index (χ1v) is 11.0. The Morgan fingerprint density at radius 3 is 2.90 bits per heavy atom. The van der Waals surface area contributed by atoms with Gasteiger partial charge in [-0.25, -0.2) is 4.39 Å². The highest BCUT2D eigenvalue weighted by Crippen LogP contribution is 2.33. The maximum atomic E-state index is 13.5. The summed E-state index contributed by atoms with van der Waals surface area (Å²) in [6.45, 7) is 0.194. The highest BCUT2D eigenvalue weighted by Gasteiger charge is 2.33. The number of fused-ring (bicyclic) bond motifs is 1. The van der Waals surface area contributed by atoms with Gasteiger partial charge in [-0.15, -0.1) is 0 Å².